The highest BCUT2D eigenvalue weighted by molar-refractivity contribution is 6.21. The summed E-state index contributed by atoms with van der Waals surface area (Å²) in [5.41, 5.74) is 4.11. The number of anilines is 1. The number of aromatic nitrogens is 1. The molecule has 1 aliphatic heterocycles. The zero-order chi connectivity index (χ0) is 27.6. The summed E-state index contributed by atoms with van der Waals surface area (Å²) in [6.45, 7) is 0.145. The van der Waals surface area contributed by atoms with Gasteiger partial charge >= 0.3 is 0 Å². The maximum atomic E-state index is 14.4. The minimum atomic E-state index is -0.358. The SMILES string of the molecule is COc1ccc(N(CCN2C(=O)c3ccccc3C2=O)C(=O)c2cc(-c3ccccc3)nc3ccccc23)cc1. The molecule has 0 fully saturated rings. The first kappa shape index (κ1) is 25.0. The molecule has 0 aliphatic carbocycles. The minimum Gasteiger partial charge on any atom is -0.497 e. The fourth-order valence-electron chi connectivity index (χ4n) is 5.01. The van der Waals surface area contributed by atoms with Crippen LogP contribution in [0.15, 0.2) is 109 Å². The molecule has 0 spiro atoms. The molecule has 7 heteroatoms. The van der Waals surface area contributed by atoms with Gasteiger partial charge in [-0.25, -0.2) is 4.98 Å². The molecule has 0 N–H and O–H groups in total. The van der Waals surface area contributed by atoms with Crippen molar-refractivity contribution in [1.82, 2.24) is 9.88 Å². The number of amides is 3. The Morgan fingerprint density at radius 3 is 2.10 bits per heavy atom. The molecule has 0 radical (unpaired) electrons. The van der Waals surface area contributed by atoms with Gasteiger partial charge in [0.05, 0.1) is 35.0 Å². The third-order valence-electron chi connectivity index (χ3n) is 7.07. The Morgan fingerprint density at radius 1 is 0.800 bits per heavy atom. The third kappa shape index (κ3) is 4.47. The lowest BCUT2D eigenvalue weighted by molar-refractivity contribution is 0.0654. The highest BCUT2D eigenvalue weighted by Crippen LogP contribution is 2.29. The molecule has 3 amide bonds. The fourth-order valence-corrected chi connectivity index (χ4v) is 5.01. The van der Waals surface area contributed by atoms with E-state index in [9.17, 15) is 14.4 Å². The molecule has 6 rings (SSSR count). The van der Waals surface area contributed by atoms with E-state index in [0.717, 1.165) is 5.56 Å². The van der Waals surface area contributed by atoms with E-state index < -0.39 is 0 Å². The molecule has 1 aromatic heterocycles. The molecule has 4 aromatic carbocycles. The second kappa shape index (κ2) is 10.5. The predicted octanol–water partition coefficient (Wildman–Crippen LogP) is 5.85. The van der Waals surface area contributed by atoms with Crippen molar-refractivity contribution in [3.05, 3.63) is 126 Å². The second-order valence-corrected chi connectivity index (χ2v) is 9.40. The normalized spacial score (nSPS) is 12.5. The number of nitrogens with zero attached hydrogens (tertiary/aromatic N) is 3. The number of pyridine rings is 1. The lowest BCUT2D eigenvalue weighted by Crippen LogP contribution is -2.41. The van der Waals surface area contributed by atoms with Crippen LogP contribution in [0.2, 0.25) is 0 Å². The molecule has 5 aromatic rings. The van der Waals surface area contributed by atoms with Gasteiger partial charge in [-0.3, -0.25) is 19.3 Å². The maximum absolute atomic E-state index is 14.4. The number of hydrogen-bond donors (Lipinski definition) is 0. The second-order valence-electron chi connectivity index (χ2n) is 9.40. The van der Waals surface area contributed by atoms with Gasteiger partial charge in [0.2, 0.25) is 0 Å². The standard InChI is InChI=1S/C33H25N3O4/c1-40-24-17-15-23(16-18-24)35(19-20-36-31(37)26-12-5-6-13-27(26)32(36)38)33(39)28-21-30(22-9-3-2-4-10-22)34-29-14-8-7-11-25(28)29/h2-18,21H,19-20H2,1H3. The van der Waals surface area contributed by atoms with Crippen LogP contribution < -0.4 is 9.64 Å². The molecule has 0 atom stereocenters. The topological polar surface area (TPSA) is 79.8 Å². The Balaban J connectivity index is 1.40. The molecule has 0 bridgehead atoms. The predicted molar refractivity (Wildman–Crippen MR) is 154 cm³/mol. The zero-order valence-electron chi connectivity index (χ0n) is 21.8. The van der Waals surface area contributed by atoms with E-state index in [-0.39, 0.29) is 30.8 Å². The van der Waals surface area contributed by atoms with Crippen LogP contribution >= 0.6 is 0 Å². The number of benzene rings is 4. The number of carbonyl (C=O) groups excluding carboxylic acids is 3. The van der Waals surface area contributed by atoms with Crippen LogP contribution in [-0.4, -0.2) is 47.8 Å². The number of ether oxygens (including phenoxy) is 1. The molecule has 0 saturated carbocycles. The molecule has 40 heavy (non-hydrogen) atoms. The third-order valence-corrected chi connectivity index (χ3v) is 7.07. The highest BCUT2D eigenvalue weighted by Gasteiger charge is 2.35. The average Bonchev–Trinajstić information content (AvgIpc) is 3.26. The largest absolute Gasteiger partial charge is 0.497 e. The highest BCUT2D eigenvalue weighted by atomic mass is 16.5. The number of methoxy groups -OCH3 is 1. The Labute approximate surface area is 231 Å². The van der Waals surface area contributed by atoms with Gasteiger partial charge in [0.15, 0.2) is 0 Å². The lowest BCUT2D eigenvalue weighted by Gasteiger charge is -2.26. The van der Waals surface area contributed by atoms with Crippen LogP contribution in [0.5, 0.6) is 5.75 Å². The van der Waals surface area contributed by atoms with Gasteiger partial charge in [-0.2, -0.15) is 0 Å². The molecule has 0 unspecified atom stereocenters. The monoisotopic (exact) mass is 527 g/mol. The van der Waals surface area contributed by atoms with Crippen molar-refractivity contribution in [2.75, 3.05) is 25.1 Å². The average molecular weight is 528 g/mol. The van der Waals surface area contributed by atoms with Gasteiger partial charge in [0.25, 0.3) is 17.7 Å². The number of imide groups is 1. The van der Waals surface area contributed by atoms with E-state index in [0.29, 0.717) is 44.7 Å². The molecule has 0 saturated heterocycles. The summed E-state index contributed by atoms with van der Waals surface area (Å²) < 4.78 is 5.31. The van der Waals surface area contributed by atoms with Crippen molar-refractivity contribution in [2.45, 2.75) is 0 Å². The van der Waals surface area contributed by atoms with Crippen LogP contribution in [0.4, 0.5) is 5.69 Å². The van der Waals surface area contributed by atoms with E-state index in [1.165, 1.54) is 4.90 Å². The summed E-state index contributed by atoms with van der Waals surface area (Å²) in [7, 11) is 1.58. The zero-order valence-corrected chi connectivity index (χ0v) is 21.8. The van der Waals surface area contributed by atoms with Crippen molar-refractivity contribution in [2.24, 2.45) is 0 Å². The molecule has 7 nitrogen and oxygen atoms in total. The lowest BCUT2D eigenvalue weighted by atomic mass is 10.0. The number of hydrogen-bond acceptors (Lipinski definition) is 5. The van der Waals surface area contributed by atoms with Gasteiger partial charge in [0.1, 0.15) is 5.75 Å². The van der Waals surface area contributed by atoms with Gasteiger partial charge in [-0.15, -0.1) is 0 Å². The Bertz CT molecular complexity index is 1710. The quantitative estimate of drug-likeness (QED) is 0.248. The van der Waals surface area contributed by atoms with Gasteiger partial charge in [0, 0.05) is 29.7 Å². The Hall–Kier alpha value is -5.30. The number of carbonyl (C=O) groups is 3. The smallest absolute Gasteiger partial charge is 0.261 e. The summed E-state index contributed by atoms with van der Waals surface area (Å²) in [4.78, 5) is 48.0. The van der Waals surface area contributed by atoms with Gasteiger partial charge < -0.3 is 9.64 Å². The van der Waals surface area contributed by atoms with Crippen LogP contribution in [0.1, 0.15) is 31.1 Å². The van der Waals surface area contributed by atoms with Crippen LogP contribution in [0, 0.1) is 0 Å². The van der Waals surface area contributed by atoms with E-state index >= 15 is 0 Å². The Morgan fingerprint density at radius 2 is 1.43 bits per heavy atom. The van der Waals surface area contributed by atoms with Crippen molar-refractivity contribution in [3.8, 4) is 17.0 Å². The van der Waals surface area contributed by atoms with E-state index in [1.807, 2.05) is 54.6 Å². The van der Waals surface area contributed by atoms with E-state index in [4.69, 9.17) is 9.72 Å². The maximum Gasteiger partial charge on any atom is 0.261 e. The molecule has 196 valence electrons. The summed E-state index contributed by atoms with van der Waals surface area (Å²) in [5, 5.41) is 0.714. The number of rotatable bonds is 7. The summed E-state index contributed by atoms with van der Waals surface area (Å²) in [6, 6.07) is 32.9. The molecule has 2 heterocycles. The summed E-state index contributed by atoms with van der Waals surface area (Å²) in [6.07, 6.45) is 0. The van der Waals surface area contributed by atoms with Crippen LogP contribution in [0.25, 0.3) is 22.2 Å². The fraction of sp³-hybridized carbons (Fsp3) is 0.0909. The summed E-state index contributed by atoms with van der Waals surface area (Å²) in [5.74, 6) is -0.332. The van der Waals surface area contributed by atoms with Crippen molar-refractivity contribution < 1.29 is 19.1 Å². The van der Waals surface area contributed by atoms with E-state index in [2.05, 4.69) is 0 Å². The first-order valence-corrected chi connectivity index (χ1v) is 12.9. The van der Waals surface area contributed by atoms with Crippen LogP contribution in [-0.2, 0) is 0 Å². The first-order valence-electron chi connectivity index (χ1n) is 12.9. The van der Waals surface area contributed by atoms with Gasteiger partial charge in [-0.1, -0.05) is 60.7 Å². The minimum absolute atomic E-state index is 0.0404. The van der Waals surface area contributed by atoms with Gasteiger partial charge in [-0.05, 0) is 48.5 Å². The number of fused-ring (bicyclic) bond motifs is 2. The van der Waals surface area contributed by atoms with E-state index in [1.54, 1.807) is 66.6 Å². The molecule has 1 aliphatic rings. The molecular formula is C33H25N3O4. The van der Waals surface area contributed by atoms with Crippen molar-refractivity contribution in [3.63, 3.8) is 0 Å². The molecular weight excluding hydrogens is 502 g/mol. The van der Waals surface area contributed by atoms with Crippen molar-refractivity contribution in [1.29, 1.82) is 0 Å². The van der Waals surface area contributed by atoms with Crippen molar-refractivity contribution >= 4 is 34.3 Å². The van der Waals surface area contributed by atoms with Crippen LogP contribution in [0.3, 0.4) is 0 Å². The summed E-state index contributed by atoms with van der Waals surface area (Å²) >= 11 is 0. The Kier molecular flexibility index (Phi) is 6.54. The number of para-hydroxylation sites is 1. The first-order chi connectivity index (χ1) is 19.5.